The molecule has 0 atom stereocenters. The lowest BCUT2D eigenvalue weighted by Crippen LogP contribution is -2.24. The molecule has 0 aliphatic rings. The standard InChI is InChI=1S/C19H23Cl2FN2O2/c20-15-5-6-19(26-13-16-17(21)3-1-4-18(16)22)14(11-15)12-24-8-2-7-23-9-10-25/h1,3-6,11,23-25H,2,7-10,12-13H2. The number of aliphatic hydroxyl groups excluding tert-OH is 1. The molecule has 0 aromatic heterocycles. The van der Waals surface area contributed by atoms with Gasteiger partial charge < -0.3 is 20.5 Å². The summed E-state index contributed by atoms with van der Waals surface area (Å²) < 4.78 is 19.7. The summed E-state index contributed by atoms with van der Waals surface area (Å²) in [6.07, 6.45) is 0.932. The Hall–Kier alpha value is -1.37. The van der Waals surface area contributed by atoms with Crippen molar-refractivity contribution in [3.63, 3.8) is 0 Å². The Morgan fingerprint density at radius 3 is 2.62 bits per heavy atom. The smallest absolute Gasteiger partial charge is 0.131 e. The van der Waals surface area contributed by atoms with Gasteiger partial charge in [-0.15, -0.1) is 0 Å². The molecule has 0 amide bonds. The van der Waals surface area contributed by atoms with Gasteiger partial charge in [0.15, 0.2) is 0 Å². The summed E-state index contributed by atoms with van der Waals surface area (Å²) in [5, 5.41) is 16.1. The van der Waals surface area contributed by atoms with Crippen molar-refractivity contribution in [3.05, 3.63) is 63.4 Å². The van der Waals surface area contributed by atoms with Crippen LogP contribution in [0, 0.1) is 5.82 Å². The zero-order valence-electron chi connectivity index (χ0n) is 14.4. The summed E-state index contributed by atoms with van der Waals surface area (Å²) in [5.41, 5.74) is 1.23. The molecule has 0 saturated heterocycles. The van der Waals surface area contributed by atoms with Gasteiger partial charge in [0.1, 0.15) is 18.2 Å². The molecule has 0 unspecified atom stereocenters. The van der Waals surface area contributed by atoms with E-state index >= 15 is 0 Å². The number of rotatable bonds is 11. The van der Waals surface area contributed by atoms with E-state index < -0.39 is 0 Å². The van der Waals surface area contributed by atoms with Crippen LogP contribution in [0.5, 0.6) is 5.75 Å². The number of hydrogen-bond donors (Lipinski definition) is 3. The Labute approximate surface area is 163 Å². The average molecular weight is 401 g/mol. The molecule has 0 spiro atoms. The first-order valence-electron chi connectivity index (χ1n) is 8.48. The largest absolute Gasteiger partial charge is 0.488 e. The van der Waals surface area contributed by atoms with Crippen molar-refractivity contribution in [1.82, 2.24) is 10.6 Å². The van der Waals surface area contributed by atoms with Gasteiger partial charge in [0.25, 0.3) is 0 Å². The van der Waals surface area contributed by atoms with Gasteiger partial charge in [0.05, 0.1) is 11.6 Å². The Kier molecular flexibility index (Phi) is 9.15. The molecule has 2 aromatic rings. The quantitative estimate of drug-likeness (QED) is 0.502. The van der Waals surface area contributed by atoms with Crippen LogP contribution in [0.4, 0.5) is 4.39 Å². The van der Waals surface area contributed by atoms with E-state index in [2.05, 4.69) is 10.6 Å². The van der Waals surface area contributed by atoms with E-state index in [1.807, 2.05) is 6.07 Å². The third-order valence-electron chi connectivity index (χ3n) is 3.77. The summed E-state index contributed by atoms with van der Waals surface area (Å²) in [4.78, 5) is 0. The Balaban J connectivity index is 1.90. The SMILES string of the molecule is OCCNCCCNCc1cc(Cl)ccc1OCc1c(F)cccc1Cl. The first-order chi connectivity index (χ1) is 12.6. The van der Waals surface area contributed by atoms with Crippen molar-refractivity contribution >= 4 is 23.2 Å². The molecule has 0 heterocycles. The molecule has 142 valence electrons. The van der Waals surface area contributed by atoms with Gasteiger partial charge in [-0.1, -0.05) is 29.3 Å². The molecular formula is C19H23Cl2FN2O2. The fraction of sp³-hybridized carbons (Fsp3) is 0.368. The van der Waals surface area contributed by atoms with Crippen molar-refractivity contribution in [2.75, 3.05) is 26.2 Å². The van der Waals surface area contributed by atoms with Crippen molar-refractivity contribution in [2.24, 2.45) is 0 Å². The van der Waals surface area contributed by atoms with Gasteiger partial charge in [-0.3, -0.25) is 0 Å². The summed E-state index contributed by atoms with van der Waals surface area (Å²) in [7, 11) is 0. The molecule has 0 aliphatic carbocycles. The van der Waals surface area contributed by atoms with Crippen LogP contribution in [-0.2, 0) is 13.2 Å². The lowest BCUT2D eigenvalue weighted by atomic mass is 10.2. The second-order valence-electron chi connectivity index (χ2n) is 5.74. The maximum atomic E-state index is 13.9. The van der Waals surface area contributed by atoms with Gasteiger partial charge in [-0.05, 0) is 49.8 Å². The number of ether oxygens (including phenoxy) is 1. The fourth-order valence-electron chi connectivity index (χ4n) is 2.41. The molecule has 0 aliphatic heterocycles. The van der Waals surface area contributed by atoms with Gasteiger partial charge >= 0.3 is 0 Å². The number of nitrogens with one attached hydrogen (secondary N) is 2. The minimum atomic E-state index is -0.387. The van der Waals surface area contributed by atoms with Gasteiger partial charge in [-0.25, -0.2) is 4.39 Å². The predicted molar refractivity (Wildman–Crippen MR) is 103 cm³/mol. The summed E-state index contributed by atoms with van der Waals surface area (Å²) in [6, 6.07) is 9.91. The Morgan fingerprint density at radius 2 is 1.85 bits per heavy atom. The topological polar surface area (TPSA) is 53.5 Å². The minimum Gasteiger partial charge on any atom is -0.488 e. The molecule has 2 rings (SSSR count). The normalized spacial score (nSPS) is 10.9. The number of aliphatic hydroxyl groups is 1. The van der Waals surface area contributed by atoms with Crippen LogP contribution in [0.2, 0.25) is 10.0 Å². The second-order valence-corrected chi connectivity index (χ2v) is 6.59. The highest BCUT2D eigenvalue weighted by atomic mass is 35.5. The highest BCUT2D eigenvalue weighted by molar-refractivity contribution is 6.31. The third-order valence-corrected chi connectivity index (χ3v) is 4.36. The van der Waals surface area contributed by atoms with E-state index in [1.54, 1.807) is 24.3 Å². The summed E-state index contributed by atoms with van der Waals surface area (Å²) in [6.45, 7) is 3.02. The highest BCUT2D eigenvalue weighted by Crippen LogP contribution is 2.26. The maximum absolute atomic E-state index is 13.9. The molecule has 2 aromatic carbocycles. The number of hydrogen-bond acceptors (Lipinski definition) is 4. The molecule has 26 heavy (non-hydrogen) atoms. The van der Waals surface area contributed by atoms with Crippen molar-refractivity contribution in [2.45, 2.75) is 19.6 Å². The zero-order valence-corrected chi connectivity index (χ0v) is 15.9. The molecular weight excluding hydrogens is 378 g/mol. The molecule has 0 saturated carbocycles. The lowest BCUT2D eigenvalue weighted by molar-refractivity contribution is 0.291. The summed E-state index contributed by atoms with van der Waals surface area (Å²) >= 11 is 12.1. The molecule has 4 nitrogen and oxygen atoms in total. The van der Waals surface area contributed by atoms with Crippen molar-refractivity contribution < 1.29 is 14.2 Å². The Bertz CT molecular complexity index is 681. The van der Waals surface area contributed by atoms with Crippen LogP contribution in [-0.4, -0.2) is 31.3 Å². The van der Waals surface area contributed by atoms with E-state index in [-0.39, 0.29) is 19.0 Å². The van der Waals surface area contributed by atoms with E-state index in [1.165, 1.54) is 6.07 Å². The van der Waals surface area contributed by atoms with Crippen LogP contribution in [0.25, 0.3) is 0 Å². The Morgan fingerprint density at radius 1 is 1.04 bits per heavy atom. The van der Waals surface area contributed by atoms with E-state index in [0.29, 0.717) is 34.4 Å². The number of halogens is 3. The number of benzene rings is 2. The fourth-order valence-corrected chi connectivity index (χ4v) is 2.82. The summed E-state index contributed by atoms with van der Waals surface area (Å²) in [5.74, 6) is 0.251. The molecule has 3 N–H and O–H groups in total. The van der Waals surface area contributed by atoms with E-state index in [4.69, 9.17) is 33.0 Å². The van der Waals surface area contributed by atoms with Gasteiger partial charge in [0.2, 0.25) is 0 Å². The van der Waals surface area contributed by atoms with Crippen LogP contribution in [0.1, 0.15) is 17.5 Å². The van der Waals surface area contributed by atoms with Crippen molar-refractivity contribution in [3.8, 4) is 5.75 Å². The average Bonchev–Trinajstić information content (AvgIpc) is 2.62. The van der Waals surface area contributed by atoms with Crippen LogP contribution in [0.15, 0.2) is 36.4 Å². The van der Waals surface area contributed by atoms with Crippen LogP contribution in [0.3, 0.4) is 0 Å². The van der Waals surface area contributed by atoms with Crippen LogP contribution < -0.4 is 15.4 Å². The van der Waals surface area contributed by atoms with Gasteiger partial charge in [0, 0.05) is 29.2 Å². The third kappa shape index (κ3) is 6.74. The monoisotopic (exact) mass is 400 g/mol. The molecule has 0 bridgehead atoms. The maximum Gasteiger partial charge on any atom is 0.131 e. The van der Waals surface area contributed by atoms with Crippen LogP contribution >= 0.6 is 23.2 Å². The van der Waals surface area contributed by atoms with Crippen molar-refractivity contribution in [1.29, 1.82) is 0 Å². The van der Waals surface area contributed by atoms with E-state index in [9.17, 15) is 4.39 Å². The lowest BCUT2D eigenvalue weighted by Gasteiger charge is -2.14. The molecule has 0 radical (unpaired) electrons. The first-order valence-corrected chi connectivity index (χ1v) is 9.24. The molecule has 0 fully saturated rings. The van der Waals surface area contributed by atoms with E-state index in [0.717, 1.165) is 25.1 Å². The second kappa shape index (κ2) is 11.4. The predicted octanol–water partition coefficient (Wildman–Crippen LogP) is 3.77. The minimum absolute atomic E-state index is 0.0468. The zero-order chi connectivity index (χ0) is 18.8. The van der Waals surface area contributed by atoms with Gasteiger partial charge in [-0.2, -0.15) is 0 Å². The first kappa shape index (κ1) is 20.9. The highest BCUT2D eigenvalue weighted by Gasteiger charge is 2.10. The molecule has 7 heteroatoms.